The topological polar surface area (TPSA) is 33.4 Å². The number of aliphatic hydroxyl groups is 1. The molecular weight excluding hydrogens is 195 g/mol. The third-order valence-corrected chi connectivity index (χ3v) is 2.48. The lowest BCUT2D eigenvalue weighted by Gasteiger charge is -2.22. The van der Waals surface area contributed by atoms with Gasteiger partial charge in [-0.3, -0.25) is 0 Å². The maximum Gasteiger partial charge on any atom is 0.129 e. The van der Waals surface area contributed by atoms with Crippen LogP contribution in [0.2, 0.25) is 0 Å². The molecule has 1 N–H and O–H groups in total. The maximum atomic E-state index is 13.5. The van der Waals surface area contributed by atoms with Crippen LogP contribution in [0, 0.1) is 5.82 Å². The zero-order valence-electron chi connectivity index (χ0n) is 8.27. The highest BCUT2D eigenvalue weighted by atomic mass is 19.1. The summed E-state index contributed by atoms with van der Waals surface area (Å²) >= 11 is 0. The molecule has 1 atom stereocenters. The summed E-state index contributed by atoms with van der Waals surface area (Å²) < 4.78 is 18.4. The van der Waals surface area contributed by atoms with Gasteiger partial charge in [0.2, 0.25) is 0 Å². The van der Waals surface area contributed by atoms with Crippen LogP contribution >= 0.6 is 0 Å². The van der Waals surface area contributed by atoms with Gasteiger partial charge in [-0.1, -0.05) is 18.2 Å². The number of halogens is 1. The van der Waals surface area contributed by atoms with Crippen LogP contribution in [0.25, 0.3) is 0 Å². The van der Waals surface area contributed by atoms with Gasteiger partial charge in [-0.15, -0.1) is 0 Å². The average molecular weight is 206 g/mol. The quantitative estimate of drug-likeness (QED) is 0.819. The van der Waals surface area contributed by atoms with Gasteiger partial charge in [0.15, 0.2) is 0 Å². The summed E-state index contributed by atoms with van der Waals surface area (Å²) in [5.74, 6) is -0.427. The standard InChI is InChI=1S/C12H11FO2/c1-12(14,9-6-7-15-8-9)10-4-2-3-5-11(10)13/h2-8,14H,1H3. The van der Waals surface area contributed by atoms with Crippen molar-refractivity contribution in [3.05, 3.63) is 59.8 Å². The van der Waals surface area contributed by atoms with Crippen molar-refractivity contribution < 1.29 is 13.9 Å². The molecule has 0 saturated carbocycles. The van der Waals surface area contributed by atoms with Crippen LogP contribution in [0.5, 0.6) is 0 Å². The van der Waals surface area contributed by atoms with Crippen molar-refractivity contribution in [1.29, 1.82) is 0 Å². The lowest BCUT2D eigenvalue weighted by molar-refractivity contribution is 0.0972. The molecule has 0 aliphatic rings. The molecule has 1 heterocycles. The fourth-order valence-corrected chi connectivity index (χ4v) is 1.55. The van der Waals surface area contributed by atoms with Crippen LogP contribution in [0.1, 0.15) is 18.1 Å². The first kappa shape index (κ1) is 9.93. The molecule has 1 aromatic carbocycles. The van der Waals surface area contributed by atoms with Gasteiger partial charge in [-0.25, -0.2) is 4.39 Å². The van der Waals surface area contributed by atoms with E-state index in [9.17, 15) is 9.50 Å². The highest BCUT2D eigenvalue weighted by molar-refractivity contribution is 5.33. The van der Waals surface area contributed by atoms with Gasteiger partial charge < -0.3 is 9.52 Å². The number of furan rings is 1. The predicted octanol–water partition coefficient (Wildman–Crippen LogP) is 2.67. The second-order valence-electron chi connectivity index (χ2n) is 3.56. The highest BCUT2D eigenvalue weighted by Crippen LogP contribution is 2.30. The van der Waals surface area contributed by atoms with Crippen LogP contribution in [0.15, 0.2) is 47.3 Å². The first-order chi connectivity index (χ1) is 7.12. The maximum absolute atomic E-state index is 13.5. The normalized spacial score (nSPS) is 14.9. The van der Waals surface area contributed by atoms with Crippen LogP contribution in [-0.4, -0.2) is 5.11 Å². The molecule has 1 aromatic heterocycles. The van der Waals surface area contributed by atoms with Gasteiger partial charge >= 0.3 is 0 Å². The minimum absolute atomic E-state index is 0.242. The van der Waals surface area contributed by atoms with Gasteiger partial charge in [0.1, 0.15) is 11.4 Å². The molecule has 0 aliphatic carbocycles. The Balaban J connectivity index is 2.51. The van der Waals surface area contributed by atoms with Crippen molar-refractivity contribution in [2.75, 3.05) is 0 Å². The molecule has 2 aromatic rings. The van der Waals surface area contributed by atoms with Crippen LogP contribution in [-0.2, 0) is 5.60 Å². The number of hydrogen-bond donors (Lipinski definition) is 1. The Morgan fingerprint density at radius 2 is 2.00 bits per heavy atom. The molecule has 0 fully saturated rings. The Morgan fingerprint density at radius 1 is 1.27 bits per heavy atom. The Labute approximate surface area is 87.0 Å². The summed E-state index contributed by atoms with van der Waals surface area (Å²) in [5.41, 5.74) is -0.586. The summed E-state index contributed by atoms with van der Waals surface area (Å²) in [6.07, 6.45) is 2.86. The Hall–Kier alpha value is -1.61. The molecule has 78 valence electrons. The fraction of sp³-hybridized carbons (Fsp3) is 0.167. The van der Waals surface area contributed by atoms with E-state index in [1.165, 1.54) is 25.5 Å². The first-order valence-corrected chi connectivity index (χ1v) is 4.62. The molecule has 0 radical (unpaired) electrons. The monoisotopic (exact) mass is 206 g/mol. The summed E-state index contributed by atoms with van der Waals surface area (Å²) in [6.45, 7) is 1.54. The van der Waals surface area contributed by atoms with E-state index >= 15 is 0 Å². The van der Waals surface area contributed by atoms with E-state index in [1.54, 1.807) is 24.3 Å². The minimum atomic E-state index is -1.36. The fourth-order valence-electron chi connectivity index (χ4n) is 1.55. The lowest BCUT2D eigenvalue weighted by Crippen LogP contribution is -2.23. The molecule has 0 saturated heterocycles. The smallest absolute Gasteiger partial charge is 0.129 e. The molecule has 0 amide bonds. The first-order valence-electron chi connectivity index (χ1n) is 4.62. The van der Waals surface area contributed by atoms with Gasteiger partial charge in [0.05, 0.1) is 12.5 Å². The van der Waals surface area contributed by atoms with E-state index in [-0.39, 0.29) is 5.56 Å². The summed E-state index contributed by atoms with van der Waals surface area (Å²) in [6, 6.07) is 7.77. The Bertz CT molecular complexity index is 446. The molecular formula is C12H11FO2. The number of rotatable bonds is 2. The van der Waals surface area contributed by atoms with E-state index in [4.69, 9.17) is 4.42 Å². The van der Waals surface area contributed by atoms with Gasteiger partial charge in [0.25, 0.3) is 0 Å². The SMILES string of the molecule is CC(O)(c1ccoc1)c1ccccc1F. The molecule has 0 aliphatic heterocycles. The van der Waals surface area contributed by atoms with Crippen LogP contribution < -0.4 is 0 Å². The van der Waals surface area contributed by atoms with Crippen molar-refractivity contribution in [3.63, 3.8) is 0 Å². The van der Waals surface area contributed by atoms with E-state index in [0.29, 0.717) is 5.56 Å². The van der Waals surface area contributed by atoms with E-state index in [1.807, 2.05) is 0 Å². The van der Waals surface area contributed by atoms with Gasteiger partial charge in [0, 0.05) is 11.1 Å². The molecule has 3 heteroatoms. The lowest BCUT2D eigenvalue weighted by atomic mass is 9.90. The van der Waals surface area contributed by atoms with Gasteiger partial charge in [-0.05, 0) is 19.1 Å². The Morgan fingerprint density at radius 3 is 2.60 bits per heavy atom. The second-order valence-corrected chi connectivity index (χ2v) is 3.56. The summed E-state index contributed by atoms with van der Waals surface area (Å²) in [5, 5.41) is 10.2. The van der Waals surface area contributed by atoms with E-state index < -0.39 is 11.4 Å². The predicted molar refractivity (Wildman–Crippen MR) is 53.8 cm³/mol. The largest absolute Gasteiger partial charge is 0.472 e. The Kier molecular flexibility index (Phi) is 2.32. The van der Waals surface area contributed by atoms with Gasteiger partial charge in [-0.2, -0.15) is 0 Å². The van der Waals surface area contributed by atoms with E-state index in [0.717, 1.165) is 0 Å². The van der Waals surface area contributed by atoms with Crippen molar-refractivity contribution in [1.82, 2.24) is 0 Å². The third kappa shape index (κ3) is 1.66. The van der Waals surface area contributed by atoms with Crippen molar-refractivity contribution in [3.8, 4) is 0 Å². The van der Waals surface area contributed by atoms with Crippen molar-refractivity contribution in [2.45, 2.75) is 12.5 Å². The third-order valence-electron chi connectivity index (χ3n) is 2.48. The van der Waals surface area contributed by atoms with E-state index in [2.05, 4.69) is 0 Å². The molecule has 2 rings (SSSR count). The zero-order chi connectivity index (χ0) is 10.9. The highest BCUT2D eigenvalue weighted by Gasteiger charge is 2.29. The van der Waals surface area contributed by atoms with Crippen molar-refractivity contribution in [2.24, 2.45) is 0 Å². The summed E-state index contributed by atoms with van der Waals surface area (Å²) in [4.78, 5) is 0. The van der Waals surface area contributed by atoms with Crippen molar-refractivity contribution >= 4 is 0 Å². The van der Waals surface area contributed by atoms with Crippen LogP contribution in [0.4, 0.5) is 4.39 Å². The number of benzene rings is 1. The minimum Gasteiger partial charge on any atom is -0.472 e. The zero-order valence-corrected chi connectivity index (χ0v) is 8.27. The molecule has 1 unspecified atom stereocenters. The molecule has 0 spiro atoms. The van der Waals surface area contributed by atoms with Crippen LogP contribution in [0.3, 0.4) is 0 Å². The average Bonchev–Trinajstić information content (AvgIpc) is 2.71. The summed E-state index contributed by atoms with van der Waals surface area (Å²) in [7, 11) is 0. The molecule has 15 heavy (non-hydrogen) atoms. The number of hydrogen-bond acceptors (Lipinski definition) is 2. The molecule has 2 nitrogen and oxygen atoms in total. The molecule has 0 bridgehead atoms. The second kappa shape index (κ2) is 3.51.